The fourth-order valence-corrected chi connectivity index (χ4v) is 3.03. The van der Waals surface area contributed by atoms with Crippen molar-refractivity contribution in [3.8, 4) is 5.75 Å². The Morgan fingerprint density at radius 2 is 2.19 bits per heavy atom. The van der Waals surface area contributed by atoms with Crippen molar-refractivity contribution in [1.29, 1.82) is 0 Å². The topological polar surface area (TPSA) is 112 Å². The van der Waals surface area contributed by atoms with Crippen LogP contribution in [0.2, 0.25) is 0 Å². The maximum atomic E-state index is 12.4. The van der Waals surface area contributed by atoms with Gasteiger partial charge in [0.1, 0.15) is 23.7 Å². The summed E-state index contributed by atoms with van der Waals surface area (Å²) in [6.07, 6.45) is 0. The second-order valence-electron chi connectivity index (χ2n) is 6.25. The predicted molar refractivity (Wildman–Crippen MR) is 97.7 cm³/mol. The van der Waals surface area contributed by atoms with Gasteiger partial charge in [0, 0.05) is 5.39 Å². The number of ether oxygens (including phenoxy) is 1. The van der Waals surface area contributed by atoms with Gasteiger partial charge in [0.25, 0.3) is 0 Å². The number of nitrogens with one attached hydrogen (secondary N) is 1. The Morgan fingerprint density at radius 3 is 2.81 bits per heavy atom. The number of nitrogens with zero attached hydrogens (tertiary/aromatic N) is 3. The van der Waals surface area contributed by atoms with Gasteiger partial charge in [-0.25, -0.2) is 0 Å². The van der Waals surface area contributed by atoms with Crippen molar-refractivity contribution in [1.82, 2.24) is 15.1 Å². The summed E-state index contributed by atoms with van der Waals surface area (Å²) in [4.78, 5) is 23.0. The Balaban J connectivity index is 1.75. The van der Waals surface area contributed by atoms with Gasteiger partial charge in [0.15, 0.2) is 11.3 Å². The van der Waals surface area contributed by atoms with Crippen LogP contribution in [0.4, 0.5) is 5.69 Å². The molecule has 2 aromatic heterocycles. The number of aromatic nitrogens is 2. The smallest absolute Gasteiger partial charge is 0.312 e. The third-order valence-corrected chi connectivity index (χ3v) is 4.37. The van der Waals surface area contributed by atoms with E-state index in [1.807, 2.05) is 18.2 Å². The molecule has 0 radical (unpaired) electrons. The lowest BCUT2D eigenvalue weighted by Crippen LogP contribution is -2.30. The summed E-state index contributed by atoms with van der Waals surface area (Å²) < 4.78 is 12.4. The van der Waals surface area contributed by atoms with Gasteiger partial charge in [-0.3, -0.25) is 19.6 Å². The molecule has 0 fully saturated rings. The van der Waals surface area contributed by atoms with Crippen LogP contribution in [0.1, 0.15) is 30.1 Å². The molecule has 142 valence electrons. The number of amides is 1. The number of rotatable bonds is 6. The van der Waals surface area contributed by atoms with E-state index < -0.39 is 4.92 Å². The number of hydrogen-bond acceptors (Lipinski definition) is 6. The lowest BCUT2D eigenvalue weighted by Gasteiger charge is -2.12. The maximum absolute atomic E-state index is 12.4. The lowest BCUT2D eigenvalue weighted by atomic mass is 10.2. The molecule has 3 rings (SSSR count). The second kappa shape index (κ2) is 7.10. The van der Waals surface area contributed by atoms with Gasteiger partial charge in [-0.05, 0) is 32.9 Å². The van der Waals surface area contributed by atoms with E-state index in [-0.39, 0.29) is 29.9 Å². The van der Waals surface area contributed by atoms with E-state index in [2.05, 4.69) is 10.4 Å². The number of nitro groups is 1. The highest BCUT2D eigenvalue weighted by atomic mass is 16.6. The first-order valence-corrected chi connectivity index (χ1v) is 8.36. The summed E-state index contributed by atoms with van der Waals surface area (Å²) >= 11 is 0. The largest absolute Gasteiger partial charge is 0.493 e. The summed E-state index contributed by atoms with van der Waals surface area (Å²) in [5.41, 5.74) is 1.17. The number of carbonyl (C=O) groups is 1. The molecule has 0 bridgehead atoms. The van der Waals surface area contributed by atoms with Gasteiger partial charge >= 0.3 is 5.69 Å². The Morgan fingerprint density at radius 1 is 1.44 bits per heavy atom. The summed E-state index contributed by atoms with van der Waals surface area (Å²) in [5.74, 6) is 0.879. The molecule has 0 saturated heterocycles. The Hall–Kier alpha value is -3.36. The van der Waals surface area contributed by atoms with Crippen molar-refractivity contribution in [2.24, 2.45) is 0 Å². The minimum absolute atomic E-state index is 0.0692. The molecule has 0 aliphatic heterocycles. The van der Waals surface area contributed by atoms with Gasteiger partial charge in [-0.1, -0.05) is 12.1 Å². The minimum Gasteiger partial charge on any atom is -0.493 e. The highest BCUT2D eigenvalue weighted by molar-refractivity contribution is 5.84. The van der Waals surface area contributed by atoms with Crippen molar-refractivity contribution >= 4 is 22.6 Å². The van der Waals surface area contributed by atoms with Crippen LogP contribution < -0.4 is 10.1 Å². The van der Waals surface area contributed by atoms with E-state index in [4.69, 9.17) is 9.15 Å². The lowest BCUT2D eigenvalue weighted by molar-refractivity contribution is -0.386. The van der Waals surface area contributed by atoms with Gasteiger partial charge in [0.05, 0.1) is 18.1 Å². The summed E-state index contributed by atoms with van der Waals surface area (Å²) in [6, 6.07) is 7.01. The predicted octanol–water partition coefficient (Wildman–Crippen LogP) is 3.04. The van der Waals surface area contributed by atoms with Crippen LogP contribution in [-0.2, 0) is 11.3 Å². The maximum Gasteiger partial charge on any atom is 0.312 e. The number of fused-ring (bicyclic) bond motifs is 1. The van der Waals surface area contributed by atoms with Crippen LogP contribution in [0.3, 0.4) is 0 Å². The summed E-state index contributed by atoms with van der Waals surface area (Å²) in [7, 11) is 1.57. The van der Waals surface area contributed by atoms with Crippen molar-refractivity contribution in [3.63, 3.8) is 0 Å². The Kier molecular flexibility index (Phi) is 4.85. The standard InChI is InChI=1S/C18H20N4O5/c1-10(15-8-13-6-5-7-14(26-4)18(13)27-15)19-16(23)9-21-12(3)17(22(24)25)11(2)20-21/h5-8,10H,9H2,1-4H3,(H,19,23)/t10-/m0/s1. The third-order valence-electron chi connectivity index (χ3n) is 4.37. The molecule has 1 atom stereocenters. The molecule has 3 aromatic rings. The molecule has 1 amide bonds. The number of furan rings is 1. The number of para-hydroxylation sites is 1. The molecular weight excluding hydrogens is 352 g/mol. The van der Waals surface area contributed by atoms with Crippen LogP contribution in [0.5, 0.6) is 5.75 Å². The second-order valence-corrected chi connectivity index (χ2v) is 6.25. The molecule has 1 aromatic carbocycles. The van der Waals surface area contributed by atoms with Crippen molar-refractivity contribution in [2.45, 2.75) is 33.4 Å². The molecule has 0 aliphatic carbocycles. The van der Waals surface area contributed by atoms with Gasteiger partial charge in [0.2, 0.25) is 5.91 Å². The Bertz CT molecular complexity index is 1020. The van der Waals surface area contributed by atoms with Crippen LogP contribution in [0, 0.1) is 24.0 Å². The number of carbonyl (C=O) groups excluding carboxylic acids is 1. The molecule has 0 spiro atoms. The molecular formula is C18H20N4O5. The van der Waals surface area contributed by atoms with E-state index in [0.717, 1.165) is 5.39 Å². The minimum atomic E-state index is -0.490. The van der Waals surface area contributed by atoms with Gasteiger partial charge in [-0.15, -0.1) is 0 Å². The quantitative estimate of drug-likeness (QED) is 0.526. The summed E-state index contributed by atoms with van der Waals surface area (Å²) in [6.45, 7) is 4.80. The molecule has 0 unspecified atom stereocenters. The van der Waals surface area contributed by atoms with Gasteiger partial charge in [-0.2, -0.15) is 5.10 Å². The zero-order valence-electron chi connectivity index (χ0n) is 15.5. The van der Waals surface area contributed by atoms with Crippen molar-refractivity contribution in [3.05, 3.63) is 51.5 Å². The Labute approximate surface area is 155 Å². The zero-order valence-corrected chi connectivity index (χ0v) is 15.5. The van der Waals surface area contributed by atoms with E-state index in [1.54, 1.807) is 33.9 Å². The van der Waals surface area contributed by atoms with Crippen LogP contribution in [-0.4, -0.2) is 27.7 Å². The fourth-order valence-electron chi connectivity index (χ4n) is 3.03. The number of aryl methyl sites for hydroxylation is 1. The number of hydrogen-bond donors (Lipinski definition) is 1. The normalized spacial score (nSPS) is 12.1. The van der Waals surface area contributed by atoms with Gasteiger partial charge < -0.3 is 14.5 Å². The molecule has 2 heterocycles. The average molecular weight is 372 g/mol. The molecule has 0 aliphatic rings. The third kappa shape index (κ3) is 3.48. The van der Waals surface area contributed by atoms with Crippen molar-refractivity contribution in [2.75, 3.05) is 7.11 Å². The van der Waals surface area contributed by atoms with E-state index in [1.165, 1.54) is 4.68 Å². The first kappa shape index (κ1) is 18.4. The highest BCUT2D eigenvalue weighted by Gasteiger charge is 2.23. The number of methoxy groups -OCH3 is 1. The highest BCUT2D eigenvalue weighted by Crippen LogP contribution is 2.30. The SMILES string of the molecule is COc1cccc2cc([C@H](C)NC(=O)Cn3nc(C)c([N+](=O)[O-])c3C)oc12. The average Bonchev–Trinajstić information content (AvgIpc) is 3.15. The summed E-state index contributed by atoms with van der Waals surface area (Å²) in [5, 5.41) is 18.9. The molecule has 27 heavy (non-hydrogen) atoms. The van der Waals surface area contributed by atoms with Crippen molar-refractivity contribution < 1.29 is 18.9 Å². The van der Waals surface area contributed by atoms with Crippen LogP contribution in [0.15, 0.2) is 28.7 Å². The first-order chi connectivity index (χ1) is 12.8. The fraction of sp³-hybridized carbons (Fsp3) is 0.333. The van der Waals surface area contributed by atoms with E-state index in [0.29, 0.717) is 22.8 Å². The molecule has 9 nitrogen and oxygen atoms in total. The molecule has 9 heteroatoms. The monoisotopic (exact) mass is 372 g/mol. The number of benzene rings is 1. The molecule has 0 saturated carbocycles. The molecule has 1 N–H and O–H groups in total. The zero-order chi connectivity index (χ0) is 19.7. The van der Waals surface area contributed by atoms with E-state index >= 15 is 0 Å². The van der Waals surface area contributed by atoms with Crippen LogP contribution >= 0.6 is 0 Å². The van der Waals surface area contributed by atoms with E-state index in [9.17, 15) is 14.9 Å². The van der Waals surface area contributed by atoms with Crippen LogP contribution in [0.25, 0.3) is 11.0 Å². The first-order valence-electron chi connectivity index (χ1n) is 8.36.